The number of hydrogen-bond donors (Lipinski definition) is 1. The highest BCUT2D eigenvalue weighted by Gasteiger charge is 2.21. The summed E-state index contributed by atoms with van der Waals surface area (Å²) in [4.78, 5) is 17.9. The summed E-state index contributed by atoms with van der Waals surface area (Å²) in [6.45, 7) is 17.0. The van der Waals surface area contributed by atoms with Crippen molar-refractivity contribution in [1.29, 1.82) is 5.26 Å². The Morgan fingerprint density at radius 2 is 1.13 bits per heavy atom. The Morgan fingerprint density at radius 1 is 0.635 bits per heavy atom. The third-order valence-electron chi connectivity index (χ3n) is 12.2. The average Bonchev–Trinajstić information content (AvgIpc) is 4.02. The number of nitrogens with zero attached hydrogens (tertiary/aromatic N) is 3. The van der Waals surface area contributed by atoms with Gasteiger partial charge in [0.1, 0.15) is 11.6 Å². The van der Waals surface area contributed by atoms with Gasteiger partial charge in [0.05, 0.1) is 11.0 Å². The van der Waals surface area contributed by atoms with Crippen LogP contribution in [0.25, 0.3) is 53.8 Å². The second kappa shape index (κ2) is 20.0. The molecular formula is C56H63N3O2S2. The van der Waals surface area contributed by atoms with Gasteiger partial charge in [0.15, 0.2) is 0 Å². The number of anilines is 2. The Kier molecular flexibility index (Phi) is 14.4. The molecule has 1 N–H and O–H groups in total. The maximum Gasteiger partial charge on any atom is 0.346 e. The molecule has 0 atom stereocenters. The van der Waals surface area contributed by atoms with Gasteiger partial charge < -0.3 is 14.6 Å². The van der Waals surface area contributed by atoms with E-state index in [-0.39, 0.29) is 16.4 Å². The summed E-state index contributed by atoms with van der Waals surface area (Å²) in [5, 5.41) is 21.1. The van der Waals surface area contributed by atoms with Crippen molar-refractivity contribution < 1.29 is 9.90 Å². The highest BCUT2D eigenvalue weighted by atomic mass is 32.1. The average molecular weight is 874 g/mol. The smallest absolute Gasteiger partial charge is 0.346 e. The minimum atomic E-state index is -1.21. The molecule has 7 rings (SSSR count). The summed E-state index contributed by atoms with van der Waals surface area (Å²) in [5.74, 6) is -1.21. The number of hydrogen-bond acceptors (Lipinski definition) is 5. The second-order valence-corrected chi connectivity index (χ2v) is 21.2. The Balaban J connectivity index is 1.16. The van der Waals surface area contributed by atoms with E-state index >= 15 is 0 Å². The van der Waals surface area contributed by atoms with E-state index in [1.807, 2.05) is 12.1 Å². The lowest BCUT2D eigenvalue weighted by Gasteiger charge is -2.26. The molecule has 0 radical (unpaired) electrons. The van der Waals surface area contributed by atoms with Gasteiger partial charge in [-0.25, -0.2) is 4.79 Å². The fourth-order valence-electron chi connectivity index (χ4n) is 8.46. The first-order valence-corrected chi connectivity index (χ1v) is 24.5. The van der Waals surface area contributed by atoms with E-state index in [1.165, 1.54) is 124 Å². The van der Waals surface area contributed by atoms with Crippen molar-refractivity contribution >= 4 is 67.9 Å². The zero-order chi connectivity index (χ0) is 44.7. The van der Waals surface area contributed by atoms with Gasteiger partial charge in [-0.1, -0.05) is 131 Å². The molecule has 0 aliphatic carbocycles. The van der Waals surface area contributed by atoms with Crippen LogP contribution in [0.2, 0.25) is 0 Å². The van der Waals surface area contributed by atoms with E-state index in [1.54, 1.807) is 17.4 Å². The molecule has 0 saturated heterocycles. The summed E-state index contributed by atoms with van der Waals surface area (Å²) >= 11 is 3.21. The summed E-state index contributed by atoms with van der Waals surface area (Å²) in [6, 6.07) is 42.2. The van der Waals surface area contributed by atoms with Crippen molar-refractivity contribution in [2.24, 2.45) is 0 Å². The number of nitriles is 1. The minimum Gasteiger partial charge on any atom is -0.477 e. The lowest BCUT2D eigenvalue weighted by atomic mass is 9.85. The van der Waals surface area contributed by atoms with Crippen LogP contribution in [0.5, 0.6) is 0 Å². The predicted octanol–water partition coefficient (Wildman–Crippen LogP) is 16.9. The lowest BCUT2D eigenvalue weighted by Crippen LogP contribution is -2.18. The van der Waals surface area contributed by atoms with Gasteiger partial charge in [-0.3, -0.25) is 0 Å². The van der Waals surface area contributed by atoms with Crippen LogP contribution in [0.4, 0.5) is 11.4 Å². The van der Waals surface area contributed by atoms with E-state index in [2.05, 4.69) is 155 Å². The quantitative estimate of drug-likeness (QED) is 0.0530. The van der Waals surface area contributed by atoms with Crippen LogP contribution in [0.1, 0.15) is 129 Å². The van der Waals surface area contributed by atoms with Crippen molar-refractivity contribution in [3.8, 4) is 32.0 Å². The molecule has 7 heteroatoms. The summed E-state index contributed by atoms with van der Waals surface area (Å²) < 4.78 is 2.44. The fourth-order valence-corrected chi connectivity index (χ4v) is 10.5. The van der Waals surface area contributed by atoms with Crippen LogP contribution in [0.15, 0.2) is 115 Å². The van der Waals surface area contributed by atoms with Crippen LogP contribution in [0, 0.1) is 11.3 Å². The molecule has 0 aliphatic rings. The zero-order valence-electron chi connectivity index (χ0n) is 38.3. The molecule has 0 fully saturated rings. The van der Waals surface area contributed by atoms with Gasteiger partial charge in [0, 0.05) is 53.9 Å². The van der Waals surface area contributed by atoms with E-state index in [0.29, 0.717) is 0 Å². The fraction of sp³-hybridized carbons (Fsp3) is 0.357. The van der Waals surface area contributed by atoms with Crippen molar-refractivity contribution in [3.63, 3.8) is 0 Å². The number of unbranched alkanes of at least 4 members (excludes halogenated alkanes) is 9. The number of fused-ring (bicyclic) bond motifs is 3. The number of aromatic nitrogens is 1. The van der Waals surface area contributed by atoms with Crippen molar-refractivity contribution in [3.05, 3.63) is 131 Å². The van der Waals surface area contributed by atoms with Gasteiger partial charge >= 0.3 is 5.97 Å². The SMILES string of the molecule is CCCCCCCCCCCCN(c1ccc(-c2ccc(-c3ccc(/C=C(/C#N)C(=O)O)s3)s2)cc1)c1ccc(-n2c3ccc(C(C)(C)C)cc3c3cc(C(C)(C)C)ccc32)cc1. The highest BCUT2D eigenvalue weighted by Crippen LogP contribution is 2.41. The van der Waals surface area contributed by atoms with Crippen molar-refractivity contribution in [2.75, 3.05) is 11.4 Å². The molecule has 63 heavy (non-hydrogen) atoms. The Labute approximate surface area is 383 Å². The minimum absolute atomic E-state index is 0.0531. The van der Waals surface area contributed by atoms with Crippen LogP contribution >= 0.6 is 22.7 Å². The van der Waals surface area contributed by atoms with Gasteiger partial charge in [-0.2, -0.15) is 5.26 Å². The van der Waals surface area contributed by atoms with E-state index in [4.69, 9.17) is 0 Å². The number of thiophene rings is 2. The number of rotatable bonds is 18. The number of carboxylic acids is 1. The van der Waals surface area contributed by atoms with Crippen LogP contribution in [0.3, 0.4) is 0 Å². The molecule has 4 aromatic carbocycles. The monoisotopic (exact) mass is 873 g/mol. The maximum atomic E-state index is 11.4. The molecule has 0 spiro atoms. The zero-order valence-corrected chi connectivity index (χ0v) is 39.9. The predicted molar refractivity (Wildman–Crippen MR) is 271 cm³/mol. The van der Waals surface area contributed by atoms with E-state index in [9.17, 15) is 15.2 Å². The van der Waals surface area contributed by atoms with Crippen molar-refractivity contribution in [2.45, 2.75) is 124 Å². The standard InChI is InChI=1S/C56H63N3O2S2/c1-8-9-10-11-12-13-14-15-16-17-34-58(43-22-18-39(19-23-43)51-32-33-53(63-51)52-31-28-46(62-52)35-40(38-57)54(60)61)44-24-26-45(27-25-44)59-49-29-20-41(55(2,3)4)36-47(49)48-37-42(56(5,6)7)21-30-50(48)59/h18-33,35-37H,8-17,34H2,1-7H3,(H,60,61)/b40-35-. The molecule has 326 valence electrons. The second-order valence-electron chi connectivity index (χ2n) is 19.0. The summed E-state index contributed by atoms with van der Waals surface area (Å²) in [5.41, 5.74) is 9.69. The van der Waals surface area contributed by atoms with Gasteiger partial charge in [-0.05, 0) is 125 Å². The number of carboxylic acid groups (broad SMARTS) is 1. The first-order valence-electron chi connectivity index (χ1n) is 22.9. The highest BCUT2D eigenvalue weighted by molar-refractivity contribution is 7.24. The first kappa shape index (κ1) is 45.6. The molecule has 0 bridgehead atoms. The van der Waals surface area contributed by atoms with Gasteiger partial charge in [-0.15, -0.1) is 22.7 Å². The molecule has 0 amide bonds. The molecule has 0 saturated carbocycles. The van der Waals surface area contributed by atoms with Gasteiger partial charge in [0.25, 0.3) is 0 Å². The molecule has 7 aromatic rings. The topological polar surface area (TPSA) is 69.3 Å². The Morgan fingerprint density at radius 3 is 1.65 bits per heavy atom. The molecular weight excluding hydrogens is 811 g/mol. The molecule has 3 aromatic heterocycles. The summed E-state index contributed by atoms with van der Waals surface area (Å²) in [7, 11) is 0. The number of aliphatic carboxylic acids is 1. The third kappa shape index (κ3) is 10.9. The normalized spacial score (nSPS) is 12.3. The molecule has 0 aliphatic heterocycles. The van der Waals surface area contributed by atoms with Crippen LogP contribution in [-0.4, -0.2) is 22.2 Å². The first-order chi connectivity index (χ1) is 30.2. The maximum absolute atomic E-state index is 11.4. The van der Waals surface area contributed by atoms with E-state index < -0.39 is 5.97 Å². The lowest BCUT2D eigenvalue weighted by molar-refractivity contribution is -0.132. The molecule has 5 nitrogen and oxygen atoms in total. The molecule has 0 unspecified atom stereocenters. The molecule has 3 heterocycles. The van der Waals surface area contributed by atoms with Gasteiger partial charge in [0.2, 0.25) is 0 Å². The Bertz CT molecular complexity index is 2660. The van der Waals surface area contributed by atoms with Crippen molar-refractivity contribution in [1.82, 2.24) is 4.57 Å². The number of carbonyl (C=O) groups is 1. The number of benzene rings is 4. The van der Waals surface area contributed by atoms with E-state index in [0.717, 1.165) is 38.8 Å². The Hall–Kier alpha value is -5.42. The third-order valence-corrected chi connectivity index (χ3v) is 14.6. The largest absolute Gasteiger partial charge is 0.477 e. The summed E-state index contributed by atoms with van der Waals surface area (Å²) in [6.07, 6.45) is 14.5. The van der Waals surface area contributed by atoms with Crippen LogP contribution < -0.4 is 4.90 Å². The van der Waals surface area contributed by atoms with Crippen LogP contribution in [-0.2, 0) is 15.6 Å².